The predicted octanol–water partition coefficient (Wildman–Crippen LogP) is 4.71. The summed E-state index contributed by atoms with van der Waals surface area (Å²) >= 11 is 12.6. The van der Waals surface area contributed by atoms with Gasteiger partial charge < -0.3 is 14.5 Å². The molecule has 2 heterocycles. The van der Waals surface area contributed by atoms with Gasteiger partial charge in [-0.1, -0.05) is 41.4 Å². The number of hydrogen-bond acceptors (Lipinski definition) is 6. The zero-order chi connectivity index (χ0) is 24.3. The minimum Gasteiger partial charge on any atom is -0.462 e. The maximum atomic E-state index is 12.7. The lowest BCUT2D eigenvalue weighted by Gasteiger charge is -2.06. The van der Waals surface area contributed by atoms with Crippen molar-refractivity contribution in [3.8, 4) is 0 Å². The Labute approximate surface area is 200 Å². The van der Waals surface area contributed by atoms with Gasteiger partial charge in [0.1, 0.15) is 10.7 Å². The second-order valence-electron chi connectivity index (χ2n) is 7.35. The molecule has 3 rings (SSSR count). The molecule has 0 atom stereocenters. The first-order valence-corrected chi connectivity index (χ1v) is 10.9. The van der Waals surface area contributed by atoms with Crippen molar-refractivity contribution in [1.29, 1.82) is 0 Å². The van der Waals surface area contributed by atoms with Crippen molar-refractivity contribution in [3.63, 3.8) is 0 Å². The number of ether oxygens (including phenoxy) is 2. The SMILES string of the molecule is CCOC(=O)c1c(C)[nH]c(C(=O)COC(=O)c2c(C)nn(Cc3ccccc3Cl)c2Cl)c1C. The van der Waals surface area contributed by atoms with Crippen LogP contribution in [0.1, 0.15) is 60.6 Å². The van der Waals surface area contributed by atoms with E-state index in [9.17, 15) is 14.4 Å². The molecule has 3 aromatic rings. The van der Waals surface area contributed by atoms with E-state index in [-0.39, 0.29) is 29.6 Å². The Kier molecular flexibility index (Phi) is 7.61. The predicted molar refractivity (Wildman–Crippen MR) is 123 cm³/mol. The summed E-state index contributed by atoms with van der Waals surface area (Å²) in [4.78, 5) is 40.4. The molecule has 1 N–H and O–H groups in total. The number of hydrogen-bond donors (Lipinski definition) is 1. The van der Waals surface area contributed by atoms with E-state index in [1.54, 1.807) is 33.8 Å². The van der Waals surface area contributed by atoms with Gasteiger partial charge >= 0.3 is 11.9 Å². The fourth-order valence-corrected chi connectivity index (χ4v) is 4.00. The van der Waals surface area contributed by atoms with Crippen LogP contribution in [0.2, 0.25) is 10.2 Å². The molecule has 0 saturated carbocycles. The molecule has 0 aliphatic carbocycles. The number of ketones is 1. The van der Waals surface area contributed by atoms with Crippen LogP contribution in [0.15, 0.2) is 24.3 Å². The first-order chi connectivity index (χ1) is 15.6. The van der Waals surface area contributed by atoms with Crippen molar-refractivity contribution in [3.05, 3.63) is 73.8 Å². The van der Waals surface area contributed by atoms with Gasteiger partial charge in [-0.15, -0.1) is 0 Å². The van der Waals surface area contributed by atoms with E-state index < -0.39 is 24.3 Å². The minimum absolute atomic E-state index is 0.0723. The van der Waals surface area contributed by atoms with E-state index >= 15 is 0 Å². The summed E-state index contributed by atoms with van der Waals surface area (Å²) in [6, 6.07) is 7.23. The van der Waals surface area contributed by atoms with Gasteiger partial charge in [0.15, 0.2) is 6.61 Å². The van der Waals surface area contributed by atoms with E-state index in [1.165, 1.54) is 4.68 Å². The molecule has 8 nitrogen and oxygen atoms in total. The number of rotatable bonds is 8. The zero-order valence-corrected chi connectivity index (χ0v) is 20.1. The Hall–Kier alpha value is -3.10. The summed E-state index contributed by atoms with van der Waals surface area (Å²) in [7, 11) is 0. The van der Waals surface area contributed by atoms with Crippen LogP contribution in [0.5, 0.6) is 0 Å². The van der Waals surface area contributed by atoms with Crippen molar-refractivity contribution in [2.75, 3.05) is 13.2 Å². The van der Waals surface area contributed by atoms with Crippen molar-refractivity contribution in [1.82, 2.24) is 14.8 Å². The maximum absolute atomic E-state index is 12.7. The van der Waals surface area contributed by atoms with Gasteiger partial charge in [0.25, 0.3) is 0 Å². The molecule has 0 fully saturated rings. The summed E-state index contributed by atoms with van der Waals surface area (Å²) in [6.45, 7) is 6.57. The lowest BCUT2D eigenvalue weighted by atomic mass is 10.1. The van der Waals surface area contributed by atoms with Gasteiger partial charge in [0.05, 0.1) is 30.1 Å². The van der Waals surface area contributed by atoms with Gasteiger partial charge in [0, 0.05) is 10.7 Å². The molecule has 0 amide bonds. The average Bonchev–Trinajstić information content (AvgIpc) is 3.22. The van der Waals surface area contributed by atoms with Crippen LogP contribution in [0.25, 0.3) is 0 Å². The highest BCUT2D eigenvalue weighted by Crippen LogP contribution is 2.24. The first kappa shape index (κ1) is 24.5. The molecular weight excluding hydrogens is 469 g/mol. The fraction of sp³-hybridized carbons (Fsp3) is 0.304. The Morgan fingerprint density at radius 3 is 2.36 bits per heavy atom. The minimum atomic E-state index is -0.775. The number of nitrogens with zero attached hydrogens (tertiary/aromatic N) is 2. The van der Waals surface area contributed by atoms with E-state index in [2.05, 4.69) is 10.1 Å². The molecule has 10 heteroatoms. The molecule has 0 bridgehead atoms. The van der Waals surface area contributed by atoms with Crippen LogP contribution < -0.4 is 0 Å². The number of nitrogens with one attached hydrogen (secondary N) is 1. The van der Waals surface area contributed by atoms with Crippen LogP contribution >= 0.6 is 23.2 Å². The summed E-state index contributed by atoms with van der Waals surface area (Å²) in [5.74, 6) is -1.78. The molecule has 0 aliphatic rings. The van der Waals surface area contributed by atoms with Crippen LogP contribution in [0, 0.1) is 20.8 Å². The Morgan fingerprint density at radius 1 is 1.03 bits per heavy atom. The summed E-state index contributed by atoms with van der Waals surface area (Å²) in [6.07, 6.45) is 0. The van der Waals surface area contributed by atoms with Gasteiger partial charge in [0.2, 0.25) is 5.78 Å². The standard InChI is InChI=1S/C23H23Cl2N3O5/c1-5-32-22(30)18-12(2)20(26-13(18)3)17(29)11-33-23(31)19-14(4)27-28(21(19)25)10-15-8-6-7-9-16(15)24/h6-9,26H,5,10-11H2,1-4H3. The number of esters is 2. The fourth-order valence-electron chi connectivity index (χ4n) is 3.49. The monoisotopic (exact) mass is 491 g/mol. The third-order valence-electron chi connectivity index (χ3n) is 5.08. The molecule has 0 saturated heterocycles. The summed E-state index contributed by atoms with van der Waals surface area (Å²) in [5.41, 5.74) is 2.64. The van der Waals surface area contributed by atoms with E-state index in [4.69, 9.17) is 32.7 Å². The van der Waals surface area contributed by atoms with Crippen LogP contribution in [0.3, 0.4) is 0 Å². The largest absolute Gasteiger partial charge is 0.462 e. The van der Waals surface area contributed by atoms with Crippen LogP contribution in [0.4, 0.5) is 0 Å². The van der Waals surface area contributed by atoms with Crippen molar-refractivity contribution in [2.45, 2.75) is 34.2 Å². The highest BCUT2D eigenvalue weighted by Gasteiger charge is 2.26. The first-order valence-electron chi connectivity index (χ1n) is 10.2. The number of aromatic nitrogens is 3. The molecule has 0 radical (unpaired) electrons. The normalized spacial score (nSPS) is 10.8. The molecule has 0 unspecified atom stereocenters. The second-order valence-corrected chi connectivity index (χ2v) is 8.11. The number of benzene rings is 1. The van der Waals surface area contributed by atoms with E-state index in [0.717, 1.165) is 5.56 Å². The van der Waals surface area contributed by atoms with Crippen molar-refractivity contribution >= 4 is 40.9 Å². The highest BCUT2D eigenvalue weighted by molar-refractivity contribution is 6.33. The number of aryl methyl sites for hydroxylation is 2. The Balaban J connectivity index is 1.73. The lowest BCUT2D eigenvalue weighted by molar-refractivity contribution is 0.0471. The van der Waals surface area contributed by atoms with Gasteiger partial charge in [-0.3, -0.25) is 4.79 Å². The molecule has 174 valence electrons. The Morgan fingerprint density at radius 2 is 1.70 bits per heavy atom. The number of halogens is 2. The van der Waals surface area contributed by atoms with Crippen LogP contribution in [-0.4, -0.2) is 45.7 Å². The van der Waals surface area contributed by atoms with Crippen molar-refractivity contribution < 1.29 is 23.9 Å². The number of Topliss-reactive ketones (excluding diaryl/α,β-unsaturated/α-hetero) is 1. The molecule has 33 heavy (non-hydrogen) atoms. The Bertz CT molecular complexity index is 1230. The molecular formula is C23H23Cl2N3O5. The lowest BCUT2D eigenvalue weighted by Crippen LogP contribution is -2.16. The zero-order valence-electron chi connectivity index (χ0n) is 18.6. The van der Waals surface area contributed by atoms with Gasteiger partial charge in [-0.05, 0) is 44.9 Å². The van der Waals surface area contributed by atoms with Crippen molar-refractivity contribution in [2.24, 2.45) is 0 Å². The smallest absolute Gasteiger partial charge is 0.343 e. The third kappa shape index (κ3) is 5.12. The maximum Gasteiger partial charge on any atom is 0.343 e. The quantitative estimate of drug-likeness (QED) is 0.361. The molecule has 0 spiro atoms. The van der Waals surface area contributed by atoms with Gasteiger partial charge in [-0.25, -0.2) is 14.3 Å². The number of carbonyl (C=O) groups is 3. The van der Waals surface area contributed by atoms with E-state index in [0.29, 0.717) is 27.5 Å². The molecule has 1 aromatic carbocycles. The summed E-state index contributed by atoms with van der Waals surface area (Å²) in [5, 5.41) is 4.94. The number of aromatic amines is 1. The van der Waals surface area contributed by atoms with Crippen LogP contribution in [-0.2, 0) is 16.0 Å². The third-order valence-corrected chi connectivity index (χ3v) is 5.83. The summed E-state index contributed by atoms with van der Waals surface area (Å²) < 4.78 is 11.7. The molecule has 2 aromatic heterocycles. The van der Waals surface area contributed by atoms with E-state index in [1.807, 2.05) is 18.2 Å². The van der Waals surface area contributed by atoms with Gasteiger partial charge in [-0.2, -0.15) is 5.10 Å². The second kappa shape index (κ2) is 10.2. The highest BCUT2D eigenvalue weighted by atomic mass is 35.5. The number of H-pyrrole nitrogens is 1. The average molecular weight is 492 g/mol. The number of carbonyl (C=O) groups excluding carboxylic acids is 3. The topological polar surface area (TPSA) is 103 Å². The molecule has 0 aliphatic heterocycles.